The SMILES string of the molecule is CCNc1cccnc1N1CCN(C(=O)c2cc3cc(N=[S-](=O)OC)ccc3[nH]2)CC1. The van der Waals surface area contributed by atoms with Crippen molar-refractivity contribution in [3.05, 3.63) is 48.3 Å². The van der Waals surface area contributed by atoms with Crippen molar-refractivity contribution in [1.29, 1.82) is 0 Å². The quantitative estimate of drug-likeness (QED) is 0.569. The van der Waals surface area contributed by atoms with E-state index >= 15 is 0 Å². The Bertz CT molecular complexity index is 1160. The highest BCUT2D eigenvalue weighted by Crippen LogP contribution is 2.25. The number of nitrogens with zero attached hydrogens (tertiary/aromatic N) is 4. The van der Waals surface area contributed by atoms with Crippen LogP contribution >= 0.6 is 0 Å². The maximum absolute atomic E-state index is 13.0. The van der Waals surface area contributed by atoms with Crippen molar-refractivity contribution >= 4 is 44.9 Å². The lowest BCUT2D eigenvalue weighted by molar-refractivity contribution is 0.0741. The summed E-state index contributed by atoms with van der Waals surface area (Å²) in [6, 6.07) is 11.1. The molecular weight excluding hydrogens is 416 g/mol. The topological polar surface area (TPSA) is 103 Å². The molecule has 3 heterocycles. The first-order valence-electron chi connectivity index (χ1n) is 10.1. The molecule has 0 unspecified atom stereocenters. The first kappa shape index (κ1) is 21.1. The number of amides is 1. The normalized spacial score (nSPS) is 15.4. The summed E-state index contributed by atoms with van der Waals surface area (Å²) >= 11 is 0. The highest BCUT2D eigenvalue weighted by molar-refractivity contribution is 7.69. The summed E-state index contributed by atoms with van der Waals surface area (Å²) in [4.78, 5) is 24.8. The van der Waals surface area contributed by atoms with Gasteiger partial charge in [-0.2, -0.15) is 0 Å². The number of fused-ring (bicyclic) bond motifs is 1. The molecule has 1 amide bonds. The second-order valence-corrected chi connectivity index (χ2v) is 8.06. The molecular formula is C21H25N6O3S-. The van der Waals surface area contributed by atoms with Crippen LogP contribution in [0.1, 0.15) is 17.4 Å². The van der Waals surface area contributed by atoms with Gasteiger partial charge in [0.05, 0.1) is 5.69 Å². The third kappa shape index (κ3) is 4.64. The third-order valence-corrected chi connectivity index (χ3v) is 5.82. The van der Waals surface area contributed by atoms with E-state index in [4.69, 9.17) is 0 Å². The molecule has 1 saturated heterocycles. The molecule has 0 radical (unpaired) electrons. The molecule has 1 aliphatic heterocycles. The van der Waals surface area contributed by atoms with Gasteiger partial charge in [0.15, 0.2) is 5.82 Å². The number of anilines is 2. The minimum absolute atomic E-state index is 0.0391. The number of piperazine rings is 1. The first-order chi connectivity index (χ1) is 15.1. The van der Waals surface area contributed by atoms with E-state index in [2.05, 4.69) is 35.7 Å². The molecule has 1 aromatic carbocycles. The van der Waals surface area contributed by atoms with Gasteiger partial charge in [0.25, 0.3) is 5.91 Å². The Hall–Kier alpha value is -3.11. The number of hydrogen-bond acceptors (Lipinski definition) is 8. The molecule has 0 aliphatic carbocycles. The number of H-pyrrole nitrogens is 1. The van der Waals surface area contributed by atoms with Crippen molar-refractivity contribution in [3.8, 4) is 0 Å². The number of aromatic nitrogens is 2. The molecule has 9 nitrogen and oxygen atoms in total. The number of carbonyl (C=O) groups excluding carboxylic acids is 1. The molecule has 0 saturated carbocycles. The van der Waals surface area contributed by atoms with Crippen molar-refractivity contribution < 1.29 is 13.2 Å². The summed E-state index contributed by atoms with van der Waals surface area (Å²) in [5.74, 6) is 0.884. The second-order valence-electron chi connectivity index (χ2n) is 7.11. The maximum Gasteiger partial charge on any atom is 0.270 e. The van der Waals surface area contributed by atoms with Crippen LogP contribution in [0.15, 0.2) is 47.0 Å². The van der Waals surface area contributed by atoms with E-state index < -0.39 is 10.9 Å². The predicted octanol–water partition coefficient (Wildman–Crippen LogP) is 3.30. The smallest absolute Gasteiger partial charge is 0.270 e. The third-order valence-electron chi connectivity index (χ3n) is 5.18. The maximum atomic E-state index is 13.0. The standard InChI is InChI=1S/C21H25N6O3S/c1-3-22-18-5-4-8-23-20(18)26-9-11-27(12-10-26)21(28)19-14-15-13-16(25-31(29)30-2)6-7-17(15)24-19/h4-8,13-14,22,24H,3,9-12H2,1-2H3/q-1. The van der Waals surface area contributed by atoms with Crippen molar-refractivity contribution in [2.24, 2.45) is 4.36 Å². The van der Waals surface area contributed by atoms with E-state index in [1.807, 2.05) is 23.1 Å². The number of rotatable bonds is 6. The number of carbonyl (C=O) groups is 1. The van der Waals surface area contributed by atoms with Crippen molar-refractivity contribution in [3.63, 3.8) is 0 Å². The highest BCUT2D eigenvalue weighted by atomic mass is 32.2. The zero-order chi connectivity index (χ0) is 21.8. The summed E-state index contributed by atoms with van der Waals surface area (Å²) < 4.78 is 20.1. The van der Waals surface area contributed by atoms with E-state index in [9.17, 15) is 9.00 Å². The average Bonchev–Trinajstić information content (AvgIpc) is 3.23. The Kier molecular flexibility index (Phi) is 6.38. The van der Waals surface area contributed by atoms with E-state index in [0.29, 0.717) is 37.6 Å². The molecule has 2 aromatic heterocycles. The molecule has 0 bridgehead atoms. The van der Waals surface area contributed by atoms with E-state index in [1.54, 1.807) is 24.4 Å². The fraction of sp³-hybridized carbons (Fsp3) is 0.333. The van der Waals surface area contributed by atoms with Gasteiger partial charge >= 0.3 is 0 Å². The second kappa shape index (κ2) is 9.36. The van der Waals surface area contributed by atoms with Gasteiger partial charge in [-0.25, -0.2) is 4.98 Å². The van der Waals surface area contributed by atoms with Crippen molar-refractivity contribution in [2.45, 2.75) is 6.92 Å². The Morgan fingerprint density at radius 3 is 2.81 bits per heavy atom. The summed E-state index contributed by atoms with van der Waals surface area (Å²) in [6.45, 7) is 5.55. The zero-order valence-electron chi connectivity index (χ0n) is 17.5. The van der Waals surface area contributed by atoms with Gasteiger partial charge in [0.1, 0.15) is 5.69 Å². The number of benzene rings is 1. The fourth-order valence-corrected chi connectivity index (χ4v) is 4.04. The molecule has 1 fully saturated rings. The summed E-state index contributed by atoms with van der Waals surface area (Å²) in [7, 11) is -0.391. The van der Waals surface area contributed by atoms with Crippen molar-refractivity contribution in [1.82, 2.24) is 14.9 Å². The first-order valence-corrected chi connectivity index (χ1v) is 11.2. The number of aromatic amines is 1. The predicted molar refractivity (Wildman–Crippen MR) is 122 cm³/mol. The fourth-order valence-electron chi connectivity index (χ4n) is 3.68. The van der Waals surface area contributed by atoms with Gasteiger partial charge in [-0.3, -0.25) is 4.79 Å². The number of nitrogens with one attached hydrogen (secondary N) is 2. The summed E-state index contributed by atoms with van der Waals surface area (Å²) in [5.41, 5.74) is 2.90. The van der Waals surface area contributed by atoms with Crippen LogP contribution in [0.2, 0.25) is 0 Å². The zero-order valence-corrected chi connectivity index (χ0v) is 18.3. The van der Waals surface area contributed by atoms with Crippen molar-refractivity contribution in [2.75, 3.05) is 50.1 Å². The molecule has 1 aliphatic rings. The van der Waals surface area contributed by atoms with Crippen LogP contribution in [-0.2, 0) is 19.3 Å². The van der Waals surface area contributed by atoms with Gasteiger partial charge in [-0.05, 0) is 43.3 Å². The molecule has 31 heavy (non-hydrogen) atoms. The highest BCUT2D eigenvalue weighted by Gasteiger charge is 2.25. The van der Waals surface area contributed by atoms with Gasteiger partial charge in [-0.1, -0.05) is 10.9 Å². The Labute approximate surface area is 182 Å². The lowest BCUT2D eigenvalue weighted by atomic mass is 10.2. The van der Waals surface area contributed by atoms with Crippen LogP contribution in [0, 0.1) is 0 Å². The average molecular weight is 442 g/mol. The van der Waals surface area contributed by atoms with E-state index in [-0.39, 0.29) is 5.91 Å². The van der Waals surface area contributed by atoms with Crippen LogP contribution in [0.3, 0.4) is 0 Å². The molecule has 0 atom stereocenters. The lowest BCUT2D eigenvalue weighted by Gasteiger charge is -2.36. The minimum Gasteiger partial charge on any atom is -0.441 e. The van der Waals surface area contributed by atoms with Gasteiger partial charge < -0.3 is 32.9 Å². The van der Waals surface area contributed by atoms with Gasteiger partial charge in [-0.15, -0.1) is 0 Å². The summed E-state index contributed by atoms with van der Waals surface area (Å²) in [5, 5.41) is 4.18. The Morgan fingerprint density at radius 2 is 2.06 bits per heavy atom. The largest absolute Gasteiger partial charge is 0.441 e. The lowest BCUT2D eigenvalue weighted by Crippen LogP contribution is -2.49. The van der Waals surface area contributed by atoms with Gasteiger partial charge in [0.2, 0.25) is 0 Å². The van der Waals surface area contributed by atoms with Crippen LogP contribution in [-0.4, -0.2) is 60.6 Å². The van der Waals surface area contributed by atoms with Crippen LogP contribution in [0.25, 0.3) is 10.9 Å². The molecule has 4 rings (SSSR count). The monoisotopic (exact) mass is 441 g/mol. The van der Waals surface area contributed by atoms with E-state index in [0.717, 1.165) is 29.0 Å². The van der Waals surface area contributed by atoms with Gasteiger partial charge in [0, 0.05) is 62.6 Å². The number of hydrogen-bond donors (Lipinski definition) is 2. The minimum atomic E-state index is -1.72. The van der Waals surface area contributed by atoms with E-state index in [1.165, 1.54) is 7.11 Å². The summed E-state index contributed by atoms with van der Waals surface area (Å²) in [6.07, 6.45) is 1.79. The Morgan fingerprint density at radius 1 is 1.26 bits per heavy atom. The molecule has 10 heteroatoms. The molecule has 3 aromatic rings. The van der Waals surface area contributed by atoms with Crippen LogP contribution < -0.4 is 10.2 Å². The van der Waals surface area contributed by atoms with Crippen LogP contribution in [0.4, 0.5) is 17.2 Å². The molecule has 2 N–H and O–H groups in total. The molecule has 164 valence electrons. The number of pyridine rings is 1. The molecule has 0 spiro atoms. The van der Waals surface area contributed by atoms with Crippen LogP contribution in [0.5, 0.6) is 0 Å². The Balaban J connectivity index is 1.46.